The van der Waals surface area contributed by atoms with Gasteiger partial charge in [0, 0.05) is 30.0 Å². The molecule has 5 aliphatic rings. The SMILES string of the molecule is Cc1nc(CN2CCC(C3CCCC4O[C@](C)(C5CCC(Cl)CC5F)OC43)CC2)n(C[C@@H]2CCO2)c1CC(F)C(=O)O. The molecule has 4 heterocycles. The molecule has 1 aromatic rings. The maximum Gasteiger partial charge on any atom is 0.338 e. The number of fused-ring (bicyclic) bond motifs is 1. The van der Waals surface area contributed by atoms with Gasteiger partial charge < -0.3 is 23.9 Å². The lowest BCUT2D eigenvalue weighted by atomic mass is 9.73. The second-order valence-electron chi connectivity index (χ2n) is 13.5. The van der Waals surface area contributed by atoms with Gasteiger partial charge in [-0.2, -0.15) is 0 Å². The summed E-state index contributed by atoms with van der Waals surface area (Å²) in [6, 6.07) is 0. The fourth-order valence-electron chi connectivity index (χ4n) is 8.28. The van der Waals surface area contributed by atoms with Gasteiger partial charge in [-0.3, -0.25) is 4.90 Å². The Morgan fingerprint density at radius 3 is 2.60 bits per heavy atom. The number of aliphatic carboxylic acids is 1. The number of aryl methyl sites for hydroxylation is 1. The molecular formula is C31H46ClF2N3O5. The van der Waals surface area contributed by atoms with E-state index in [4.69, 9.17) is 35.9 Å². The van der Waals surface area contributed by atoms with Gasteiger partial charge in [-0.1, -0.05) is 6.42 Å². The Hall–Kier alpha value is -1.33. The molecule has 0 radical (unpaired) electrons. The molecule has 11 heteroatoms. The highest BCUT2D eigenvalue weighted by Crippen LogP contribution is 2.50. The number of ether oxygens (including phenoxy) is 3. The summed E-state index contributed by atoms with van der Waals surface area (Å²) in [6.07, 6.45) is 5.01. The molecule has 3 aliphatic heterocycles. The molecule has 8 nitrogen and oxygen atoms in total. The van der Waals surface area contributed by atoms with Crippen LogP contribution in [0.5, 0.6) is 0 Å². The van der Waals surface area contributed by atoms with Crippen molar-refractivity contribution in [3.8, 4) is 0 Å². The number of halogens is 3. The fraction of sp³-hybridized carbons (Fsp3) is 0.871. The van der Waals surface area contributed by atoms with Crippen molar-refractivity contribution in [2.75, 3.05) is 19.7 Å². The van der Waals surface area contributed by atoms with Gasteiger partial charge in [0.05, 0.1) is 37.1 Å². The average molecular weight is 614 g/mol. The third kappa shape index (κ3) is 6.25. The summed E-state index contributed by atoms with van der Waals surface area (Å²) in [4.78, 5) is 18.4. The van der Waals surface area contributed by atoms with Crippen LogP contribution in [0.4, 0.5) is 8.78 Å². The third-order valence-corrected chi connectivity index (χ3v) is 11.1. The van der Waals surface area contributed by atoms with Crippen LogP contribution < -0.4 is 0 Å². The number of likely N-dealkylation sites (tertiary alicyclic amines) is 1. The minimum Gasteiger partial charge on any atom is -0.479 e. The predicted molar refractivity (Wildman–Crippen MR) is 153 cm³/mol. The Morgan fingerprint density at radius 2 is 1.93 bits per heavy atom. The van der Waals surface area contributed by atoms with Crippen molar-refractivity contribution in [1.29, 1.82) is 0 Å². The van der Waals surface area contributed by atoms with Crippen LogP contribution in [0, 0.1) is 24.7 Å². The monoisotopic (exact) mass is 613 g/mol. The summed E-state index contributed by atoms with van der Waals surface area (Å²) in [6.45, 7) is 7.56. The topological polar surface area (TPSA) is 86.0 Å². The van der Waals surface area contributed by atoms with E-state index in [1.54, 1.807) is 0 Å². The van der Waals surface area contributed by atoms with Gasteiger partial charge in [-0.15, -0.1) is 11.6 Å². The molecule has 2 saturated carbocycles. The number of carboxylic acid groups (broad SMARTS) is 1. The van der Waals surface area contributed by atoms with Crippen LogP contribution in [-0.2, 0) is 38.5 Å². The molecule has 42 heavy (non-hydrogen) atoms. The van der Waals surface area contributed by atoms with Gasteiger partial charge in [-0.25, -0.2) is 18.6 Å². The zero-order chi connectivity index (χ0) is 29.6. The first kappa shape index (κ1) is 30.7. The zero-order valence-corrected chi connectivity index (χ0v) is 25.6. The lowest BCUT2D eigenvalue weighted by molar-refractivity contribution is -0.219. The quantitative estimate of drug-likeness (QED) is 0.383. The predicted octanol–water partition coefficient (Wildman–Crippen LogP) is 5.20. The summed E-state index contributed by atoms with van der Waals surface area (Å²) in [5.74, 6) is -0.832. The van der Waals surface area contributed by atoms with Crippen molar-refractivity contribution in [3.05, 3.63) is 17.2 Å². The first-order valence-corrected chi connectivity index (χ1v) is 16.4. The van der Waals surface area contributed by atoms with Crippen LogP contribution in [0.1, 0.15) is 81.9 Å². The first-order valence-electron chi connectivity index (χ1n) is 16.0. The smallest absolute Gasteiger partial charge is 0.338 e. The number of piperidine rings is 1. The summed E-state index contributed by atoms with van der Waals surface area (Å²) >= 11 is 6.25. The number of aromatic nitrogens is 2. The molecule has 236 valence electrons. The highest BCUT2D eigenvalue weighted by atomic mass is 35.5. The van der Waals surface area contributed by atoms with Crippen LogP contribution in [0.3, 0.4) is 0 Å². The second kappa shape index (κ2) is 12.6. The van der Waals surface area contributed by atoms with Crippen molar-refractivity contribution in [2.45, 2.75) is 133 Å². The molecular weight excluding hydrogens is 568 g/mol. The van der Waals surface area contributed by atoms with E-state index in [0.717, 1.165) is 70.5 Å². The first-order chi connectivity index (χ1) is 20.1. The Labute approximate surface area is 252 Å². The Balaban J connectivity index is 1.09. The minimum atomic E-state index is -1.96. The normalized spacial score (nSPS) is 38.6. The van der Waals surface area contributed by atoms with E-state index in [9.17, 15) is 9.18 Å². The molecule has 0 amide bonds. The number of imidazole rings is 1. The average Bonchev–Trinajstić information content (AvgIpc) is 3.42. The zero-order valence-electron chi connectivity index (χ0n) is 24.9. The van der Waals surface area contributed by atoms with E-state index >= 15 is 4.39 Å². The number of hydrogen-bond acceptors (Lipinski definition) is 6. The van der Waals surface area contributed by atoms with E-state index in [-0.39, 0.29) is 36.0 Å². The van der Waals surface area contributed by atoms with E-state index in [0.29, 0.717) is 49.2 Å². The van der Waals surface area contributed by atoms with Crippen molar-refractivity contribution >= 4 is 17.6 Å². The number of alkyl halides is 3. The molecule has 9 atom stereocenters. The van der Waals surface area contributed by atoms with Crippen molar-refractivity contribution < 1.29 is 32.9 Å². The molecule has 1 N–H and O–H groups in total. The molecule has 0 bridgehead atoms. The molecule has 0 spiro atoms. The summed E-state index contributed by atoms with van der Waals surface area (Å²) in [5, 5.41) is 9.06. The summed E-state index contributed by atoms with van der Waals surface area (Å²) in [5.41, 5.74) is 1.34. The van der Waals surface area contributed by atoms with E-state index in [2.05, 4.69) is 4.90 Å². The van der Waals surface area contributed by atoms with Crippen molar-refractivity contribution in [3.63, 3.8) is 0 Å². The highest BCUT2D eigenvalue weighted by molar-refractivity contribution is 6.20. The lowest BCUT2D eigenvalue weighted by Crippen LogP contribution is -2.46. The third-order valence-electron chi connectivity index (χ3n) is 10.7. The number of nitrogens with zero attached hydrogens (tertiary/aromatic N) is 3. The van der Waals surface area contributed by atoms with E-state index < -0.39 is 24.1 Å². The van der Waals surface area contributed by atoms with Crippen molar-refractivity contribution in [1.82, 2.24) is 14.5 Å². The van der Waals surface area contributed by atoms with Gasteiger partial charge in [0.1, 0.15) is 12.0 Å². The van der Waals surface area contributed by atoms with Crippen LogP contribution in [0.2, 0.25) is 0 Å². The minimum absolute atomic E-state index is 0.00990. The van der Waals surface area contributed by atoms with E-state index in [1.165, 1.54) is 0 Å². The van der Waals surface area contributed by atoms with Crippen LogP contribution in [0.25, 0.3) is 0 Å². The largest absolute Gasteiger partial charge is 0.479 e. The molecule has 0 aromatic carbocycles. The number of carboxylic acids is 1. The Kier molecular flexibility index (Phi) is 9.19. The molecule has 6 rings (SSSR count). The van der Waals surface area contributed by atoms with Crippen molar-refractivity contribution in [2.24, 2.45) is 17.8 Å². The molecule has 5 fully saturated rings. The van der Waals surface area contributed by atoms with Gasteiger partial charge >= 0.3 is 5.97 Å². The molecule has 2 aliphatic carbocycles. The maximum atomic E-state index is 15.1. The number of hydrogen-bond donors (Lipinski definition) is 1. The maximum absolute atomic E-state index is 15.1. The lowest BCUT2D eigenvalue weighted by Gasteiger charge is -2.41. The standard InChI is InChI=1S/C31H46ClF2N3O5/c1-18-26(15-25(34)30(38)39)37(16-21-10-13-40-21)28(35-18)17-36-11-8-19(9-12-36)22-4-3-5-27-29(22)42-31(2,41-27)23-7-6-20(32)14-24(23)33/h19-25,27,29H,3-17H2,1-2H3,(H,38,39)/t20?,21-,22?,23?,24?,25?,27?,29?,31-/m0/s1. The molecule has 3 saturated heterocycles. The van der Waals surface area contributed by atoms with Gasteiger partial charge in [0.15, 0.2) is 5.79 Å². The Morgan fingerprint density at radius 1 is 1.17 bits per heavy atom. The molecule has 1 aromatic heterocycles. The van der Waals surface area contributed by atoms with E-state index in [1.807, 2.05) is 18.4 Å². The number of rotatable bonds is 9. The van der Waals surface area contributed by atoms with Crippen LogP contribution in [0.15, 0.2) is 0 Å². The van der Waals surface area contributed by atoms with Crippen LogP contribution >= 0.6 is 11.6 Å². The highest BCUT2D eigenvalue weighted by Gasteiger charge is 2.56. The Bertz CT molecular complexity index is 1110. The van der Waals surface area contributed by atoms with Gasteiger partial charge in [0.25, 0.3) is 0 Å². The van der Waals surface area contributed by atoms with Gasteiger partial charge in [0.2, 0.25) is 6.17 Å². The van der Waals surface area contributed by atoms with Gasteiger partial charge in [-0.05, 0) is 90.1 Å². The number of carbonyl (C=O) groups is 1. The molecule has 7 unspecified atom stereocenters. The summed E-state index contributed by atoms with van der Waals surface area (Å²) in [7, 11) is 0. The fourth-order valence-corrected chi connectivity index (χ4v) is 8.57. The van der Waals surface area contributed by atoms with Crippen LogP contribution in [-0.4, -0.2) is 87.0 Å². The summed E-state index contributed by atoms with van der Waals surface area (Å²) < 4.78 is 50.2. The second-order valence-corrected chi connectivity index (χ2v) is 14.1.